The molecular formula is C13H18F3IN4O. The van der Waals surface area contributed by atoms with Crippen LogP contribution in [0.4, 0.5) is 18.9 Å². The van der Waals surface area contributed by atoms with Crippen LogP contribution in [0.25, 0.3) is 0 Å². The molecule has 1 rings (SSSR count). The quantitative estimate of drug-likeness (QED) is 0.291. The molecule has 4 N–H and O–H groups in total. The number of benzene rings is 1. The summed E-state index contributed by atoms with van der Waals surface area (Å²) in [7, 11) is 0. The highest BCUT2D eigenvalue weighted by molar-refractivity contribution is 14.0. The van der Waals surface area contributed by atoms with Gasteiger partial charge < -0.3 is 16.4 Å². The fourth-order valence-electron chi connectivity index (χ4n) is 1.37. The lowest BCUT2D eigenvalue weighted by atomic mass is 10.2. The van der Waals surface area contributed by atoms with Gasteiger partial charge in [0, 0.05) is 6.04 Å². The molecule has 1 amide bonds. The number of carbonyl (C=O) groups is 1. The van der Waals surface area contributed by atoms with Gasteiger partial charge >= 0.3 is 0 Å². The number of guanidine groups is 1. The van der Waals surface area contributed by atoms with Crippen molar-refractivity contribution in [3.63, 3.8) is 0 Å². The van der Waals surface area contributed by atoms with Gasteiger partial charge in [-0.25, -0.2) is 18.2 Å². The predicted molar refractivity (Wildman–Crippen MR) is 89.7 cm³/mol. The van der Waals surface area contributed by atoms with E-state index >= 15 is 0 Å². The maximum absolute atomic E-state index is 13.3. The molecule has 22 heavy (non-hydrogen) atoms. The summed E-state index contributed by atoms with van der Waals surface area (Å²) < 4.78 is 39.0. The molecule has 0 aliphatic carbocycles. The molecule has 0 aliphatic heterocycles. The van der Waals surface area contributed by atoms with E-state index < -0.39 is 29.0 Å². The van der Waals surface area contributed by atoms with Crippen LogP contribution in [0.5, 0.6) is 0 Å². The Labute approximate surface area is 143 Å². The summed E-state index contributed by atoms with van der Waals surface area (Å²) >= 11 is 0. The third kappa shape index (κ3) is 6.08. The van der Waals surface area contributed by atoms with Crippen LogP contribution in [0.15, 0.2) is 17.1 Å². The largest absolute Gasteiger partial charge is 0.370 e. The second kappa shape index (κ2) is 9.49. The second-order valence-corrected chi connectivity index (χ2v) is 4.43. The van der Waals surface area contributed by atoms with E-state index in [9.17, 15) is 18.0 Å². The minimum Gasteiger partial charge on any atom is -0.370 e. The van der Waals surface area contributed by atoms with Gasteiger partial charge in [-0.05, 0) is 25.5 Å². The molecule has 0 saturated heterocycles. The van der Waals surface area contributed by atoms with Gasteiger partial charge in [0.2, 0.25) is 5.91 Å². The van der Waals surface area contributed by atoms with Crippen LogP contribution in [-0.2, 0) is 4.79 Å². The molecule has 0 aromatic heterocycles. The predicted octanol–water partition coefficient (Wildman–Crippen LogP) is 2.36. The van der Waals surface area contributed by atoms with Gasteiger partial charge in [-0.3, -0.25) is 4.79 Å². The van der Waals surface area contributed by atoms with Crippen LogP contribution < -0.4 is 16.4 Å². The van der Waals surface area contributed by atoms with Gasteiger partial charge in [-0.1, -0.05) is 6.92 Å². The van der Waals surface area contributed by atoms with Crippen molar-refractivity contribution in [1.82, 2.24) is 5.32 Å². The Kier molecular flexibility index (Phi) is 8.83. The molecule has 1 aromatic carbocycles. The minimum absolute atomic E-state index is 0. The Morgan fingerprint density at radius 2 is 1.95 bits per heavy atom. The number of amides is 1. The Balaban J connectivity index is 0.00000441. The van der Waals surface area contributed by atoms with Gasteiger partial charge in [0.15, 0.2) is 23.4 Å². The van der Waals surface area contributed by atoms with E-state index in [4.69, 9.17) is 5.73 Å². The Morgan fingerprint density at radius 3 is 2.55 bits per heavy atom. The molecule has 1 unspecified atom stereocenters. The molecule has 0 radical (unpaired) electrons. The topological polar surface area (TPSA) is 79.5 Å². The SMILES string of the molecule is CCC(C)NC(N)=NCC(=O)Nc1ccc(F)c(F)c1F.I. The highest BCUT2D eigenvalue weighted by Crippen LogP contribution is 2.19. The molecular weight excluding hydrogens is 412 g/mol. The van der Waals surface area contributed by atoms with Crippen molar-refractivity contribution in [3.05, 3.63) is 29.6 Å². The number of nitrogens with one attached hydrogen (secondary N) is 2. The first-order chi connectivity index (χ1) is 9.85. The third-order valence-corrected chi connectivity index (χ3v) is 2.71. The zero-order valence-corrected chi connectivity index (χ0v) is 14.5. The number of nitrogens with zero attached hydrogens (tertiary/aromatic N) is 1. The van der Waals surface area contributed by atoms with Crippen LogP contribution in [0.3, 0.4) is 0 Å². The first-order valence-corrected chi connectivity index (χ1v) is 6.35. The summed E-state index contributed by atoms with van der Waals surface area (Å²) in [5.74, 6) is -5.06. The van der Waals surface area contributed by atoms with E-state index in [1.165, 1.54) is 0 Å². The summed E-state index contributed by atoms with van der Waals surface area (Å²) in [6.45, 7) is 3.47. The van der Waals surface area contributed by atoms with Gasteiger partial charge in [0.25, 0.3) is 0 Å². The summed E-state index contributed by atoms with van der Waals surface area (Å²) in [6, 6.07) is 1.74. The molecule has 0 aliphatic rings. The third-order valence-electron chi connectivity index (χ3n) is 2.71. The van der Waals surface area contributed by atoms with Crippen molar-refractivity contribution in [2.24, 2.45) is 10.7 Å². The minimum atomic E-state index is -1.64. The number of rotatable bonds is 5. The molecule has 0 bridgehead atoms. The maximum atomic E-state index is 13.3. The smallest absolute Gasteiger partial charge is 0.246 e. The van der Waals surface area contributed by atoms with E-state index in [-0.39, 0.29) is 42.5 Å². The lowest BCUT2D eigenvalue weighted by Gasteiger charge is -2.11. The van der Waals surface area contributed by atoms with Gasteiger partial charge in [0.1, 0.15) is 6.54 Å². The van der Waals surface area contributed by atoms with Crippen LogP contribution in [0.2, 0.25) is 0 Å². The molecule has 0 fully saturated rings. The van der Waals surface area contributed by atoms with Gasteiger partial charge in [-0.2, -0.15) is 0 Å². The summed E-state index contributed by atoms with van der Waals surface area (Å²) in [5.41, 5.74) is 5.09. The zero-order chi connectivity index (χ0) is 16.0. The number of nitrogens with two attached hydrogens (primary N) is 1. The first kappa shape index (κ1) is 20.5. The Hall–Kier alpha value is -1.52. The van der Waals surface area contributed by atoms with Gasteiger partial charge in [-0.15, -0.1) is 24.0 Å². The zero-order valence-electron chi connectivity index (χ0n) is 12.1. The van der Waals surface area contributed by atoms with Crippen molar-refractivity contribution in [1.29, 1.82) is 0 Å². The normalized spacial score (nSPS) is 12.3. The number of anilines is 1. The van der Waals surface area contributed by atoms with Crippen molar-refractivity contribution >= 4 is 41.5 Å². The van der Waals surface area contributed by atoms with Crippen LogP contribution in [0.1, 0.15) is 20.3 Å². The Morgan fingerprint density at radius 1 is 1.32 bits per heavy atom. The van der Waals surface area contributed by atoms with Crippen molar-refractivity contribution < 1.29 is 18.0 Å². The van der Waals surface area contributed by atoms with E-state index in [1.807, 2.05) is 13.8 Å². The van der Waals surface area contributed by atoms with Crippen molar-refractivity contribution in [3.8, 4) is 0 Å². The van der Waals surface area contributed by atoms with Gasteiger partial charge in [0.05, 0.1) is 5.69 Å². The van der Waals surface area contributed by atoms with Crippen molar-refractivity contribution in [2.75, 3.05) is 11.9 Å². The number of hydrogen-bond acceptors (Lipinski definition) is 2. The van der Waals surface area contributed by atoms with Crippen LogP contribution >= 0.6 is 24.0 Å². The average Bonchev–Trinajstić information content (AvgIpc) is 2.45. The molecule has 5 nitrogen and oxygen atoms in total. The number of aliphatic imine (C=N–C) groups is 1. The Bertz CT molecular complexity index is 554. The maximum Gasteiger partial charge on any atom is 0.246 e. The first-order valence-electron chi connectivity index (χ1n) is 6.35. The highest BCUT2D eigenvalue weighted by atomic mass is 127. The molecule has 0 heterocycles. The second-order valence-electron chi connectivity index (χ2n) is 4.43. The molecule has 1 atom stereocenters. The van der Waals surface area contributed by atoms with Crippen LogP contribution in [-0.4, -0.2) is 24.5 Å². The van der Waals surface area contributed by atoms with Crippen molar-refractivity contribution in [2.45, 2.75) is 26.3 Å². The summed E-state index contributed by atoms with van der Waals surface area (Å²) in [4.78, 5) is 15.3. The van der Waals surface area contributed by atoms with E-state index in [0.717, 1.165) is 18.6 Å². The fraction of sp³-hybridized carbons (Fsp3) is 0.385. The molecule has 124 valence electrons. The summed E-state index contributed by atoms with van der Waals surface area (Å²) in [5, 5.41) is 4.93. The standard InChI is InChI=1S/C13H17F3N4O.HI/c1-3-7(2)19-13(17)18-6-10(21)20-9-5-4-8(14)11(15)12(9)16;/h4-5,7H,3,6H2,1-2H3,(H,20,21)(H3,17,18,19);1H. The lowest BCUT2D eigenvalue weighted by Crippen LogP contribution is -2.38. The molecule has 0 spiro atoms. The van der Waals surface area contributed by atoms with E-state index in [1.54, 1.807) is 0 Å². The van der Waals surface area contributed by atoms with E-state index in [2.05, 4.69) is 15.6 Å². The monoisotopic (exact) mass is 430 g/mol. The average molecular weight is 430 g/mol. The lowest BCUT2D eigenvalue weighted by molar-refractivity contribution is -0.114. The van der Waals surface area contributed by atoms with E-state index in [0.29, 0.717) is 0 Å². The number of carbonyl (C=O) groups excluding carboxylic acids is 1. The summed E-state index contributed by atoms with van der Waals surface area (Å²) in [6.07, 6.45) is 0.822. The highest BCUT2D eigenvalue weighted by Gasteiger charge is 2.15. The number of hydrogen-bond donors (Lipinski definition) is 3. The fourth-order valence-corrected chi connectivity index (χ4v) is 1.37. The van der Waals surface area contributed by atoms with Crippen LogP contribution in [0, 0.1) is 17.5 Å². The molecule has 9 heteroatoms. The molecule has 1 aromatic rings. The molecule has 0 saturated carbocycles. The number of halogens is 4.